The van der Waals surface area contributed by atoms with Gasteiger partial charge in [-0.3, -0.25) is 0 Å². The van der Waals surface area contributed by atoms with Crippen LogP contribution in [0.25, 0.3) is 11.1 Å². The lowest BCUT2D eigenvalue weighted by molar-refractivity contribution is 0.439. The predicted molar refractivity (Wildman–Crippen MR) is 78.7 cm³/mol. The Bertz CT molecular complexity index is 776. The van der Waals surface area contributed by atoms with Gasteiger partial charge in [0.2, 0.25) is 5.89 Å². The highest BCUT2D eigenvalue weighted by molar-refractivity contribution is 5.76. The summed E-state index contributed by atoms with van der Waals surface area (Å²) in [6, 6.07) is 14.6. The average molecular weight is 264 g/mol. The maximum Gasteiger partial charge on any atom is 0.217 e. The molecule has 0 radical (unpaired) electrons. The zero-order valence-corrected chi connectivity index (χ0v) is 11.4. The first-order valence-corrected chi connectivity index (χ1v) is 7.00. The fraction of sp³-hybridized carbons (Fsp3) is 0.235. The molecule has 3 aromatic rings. The summed E-state index contributed by atoms with van der Waals surface area (Å²) >= 11 is 0. The number of aromatic nitrogens is 1. The number of para-hydroxylation sites is 1. The van der Waals surface area contributed by atoms with E-state index >= 15 is 0 Å². The highest BCUT2D eigenvalue weighted by atomic mass is 16.3. The van der Waals surface area contributed by atoms with Gasteiger partial charge in [-0.25, -0.2) is 4.98 Å². The molecule has 0 amide bonds. The van der Waals surface area contributed by atoms with E-state index < -0.39 is 0 Å². The molecule has 0 bridgehead atoms. The molecule has 2 aromatic carbocycles. The number of aryl methyl sites for hydroxylation is 1. The molecule has 0 aliphatic carbocycles. The molecule has 1 atom stereocenters. The lowest BCUT2D eigenvalue weighted by Crippen LogP contribution is -2.30. The summed E-state index contributed by atoms with van der Waals surface area (Å²) in [5.74, 6) is 0.765. The van der Waals surface area contributed by atoms with E-state index in [0.29, 0.717) is 0 Å². The summed E-state index contributed by atoms with van der Waals surface area (Å²) in [6.45, 7) is 3.02. The van der Waals surface area contributed by atoms with Gasteiger partial charge in [0.15, 0.2) is 5.58 Å². The van der Waals surface area contributed by atoms with Gasteiger partial charge in [-0.1, -0.05) is 36.4 Å². The van der Waals surface area contributed by atoms with Gasteiger partial charge in [0.1, 0.15) is 11.6 Å². The molecular formula is C17H16N2O. The maximum absolute atomic E-state index is 5.97. The van der Waals surface area contributed by atoms with Crippen LogP contribution < -0.4 is 5.32 Å². The standard InChI is InChI=1S/C17H16N2O/c1-11-5-4-8-14-15(11)19-17(20-14)16-13-7-3-2-6-12(13)9-10-18-16/h2-8,16,18H,9-10H2,1H3. The van der Waals surface area contributed by atoms with Gasteiger partial charge < -0.3 is 9.73 Å². The number of fused-ring (bicyclic) bond motifs is 2. The number of hydrogen-bond acceptors (Lipinski definition) is 3. The van der Waals surface area contributed by atoms with Crippen molar-refractivity contribution in [2.24, 2.45) is 0 Å². The number of rotatable bonds is 1. The average Bonchev–Trinajstić information content (AvgIpc) is 2.92. The number of nitrogens with zero attached hydrogens (tertiary/aromatic N) is 1. The summed E-state index contributed by atoms with van der Waals surface area (Å²) < 4.78 is 5.97. The molecule has 0 fully saturated rings. The van der Waals surface area contributed by atoms with Gasteiger partial charge in [0.05, 0.1) is 0 Å². The van der Waals surface area contributed by atoms with Crippen LogP contribution in [0.1, 0.15) is 28.6 Å². The van der Waals surface area contributed by atoms with E-state index in [9.17, 15) is 0 Å². The van der Waals surface area contributed by atoms with Crippen molar-refractivity contribution < 1.29 is 4.42 Å². The number of nitrogens with one attached hydrogen (secondary N) is 1. The smallest absolute Gasteiger partial charge is 0.217 e. The van der Waals surface area contributed by atoms with Crippen LogP contribution >= 0.6 is 0 Å². The Kier molecular flexibility index (Phi) is 2.60. The predicted octanol–water partition coefficient (Wildman–Crippen LogP) is 3.37. The summed E-state index contributed by atoms with van der Waals surface area (Å²) in [5.41, 5.74) is 5.65. The minimum absolute atomic E-state index is 0.0618. The maximum atomic E-state index is 5.97. The van der Waals surface area contributed by atoms with Crippen LogP contribution in [0.3, 0.4) is 0 Å². The van der Waals surface area contributed by atoms with E-state index in [2.05, 4.69) is 42.6 Å². The van der Waals surface area contributed by atoms with Gasteiger partial charge in [-0.05, 0) is 36.1 Å². The van der Waals surface area contributed by atoms with Crippen molar-refractivity contribution in [3.63, 3.8) is 0 Å². The molecule has 1 aliphatic heterocycles. The van der Waals surface area contributed by atoms with E-state index in [1.165, 1.54) is 11.1 Å². The molecule has 0 saturated heterocycles. The highest BCUT2D eigenvalue weighted by Crippen LogP contribution is 2.30. The summed E-state index contributed by atoms with van der Waals surface area (Å²) in [4.78, 5) is 4.71. The molecule has 100 valence electrons. The Morgan fingerprint density at radius 2 is 2.05 bits per heavy atom. The van der Waals surface area contributed by atoms with Crippen LogP contribution in [0, 0.1) is 6.92 Å². The molecule has 1 aromatic heterocycles. The fourth-order valence-electron chi connectivity index (χ4n) is 2.95. The van der Waals surface area contributed by atoms with E-state index in [-0.39, 0.29) is 6.04 Å². The Morgan fingerprint density at radius 1 is 1.15 bits per heavy atom. The topological polar surface area (TPSA) is 38.1 Å². The van der Waals surface area contributed by atoms with Gasteiger partial charge in [0.25, 0.3) is 0 Å². The quantitative estimate of drug-likeness (QED) is 0.732. The van der Waals surface area contributed by atoms with Crippen LogP contribution in [0.4, 0.5) is 0 Å². The lowest BCUT2D eigenvalue weighted by atomic mass is 9.94. The van der Waals surface area contributed by atoms with Crippen molar-refractivity contribution >= 4 is 11.1 Å². The molecule has 0 saturated carbocycles. The Morgan fingerprint density at radius 3 is 2.95 bits per heavy atom. The first-order valence-electron chi connectivity index (χ1n) is 7.00. The number of oxazole rings is 1. The lowest BCUT2D eigenvalue weighted by Gasteiger charge is -2.24. The van der Waals surface area contributed by atoms with E-state index in [1.807, 2.05) is 12.1 Å². The zero-order chi connectivity index (χ0) is 13.5. The van der Waals surface area contributed by atoms with Crippen molar-refractivity contribution in [1.82, 2.24) is 10.3 Å². The summed E-state index contributed by atoms with van der Waals surface area (Å²) in [6.07, 6.45) is 1.06. The Hall–Kier alpha value is -2.13. The molecule has 0 spiro atoms. The third-order valence-corrected chi connectivity index (χ3v) is 3.99. The normalized spacial score (nSPS) is 18.1. The first-order chi connectivity index (χ1) is 9.83. The van der Waals surface area contributed by atoms with Crippen molar-refractivity contribution in [2.75, 3.05) is 6.54 Å². The highest BCUT2D eigenvalue weighted by Gasteiger charge is 2.25. The van der Waals surface area contributed by atoms with Crippen LogP contribution in [0.15, 0.2) is 46.9 Å². The fourth-order valence-corrected chi connectivity index (χ4v) is 2.95. The summed E-state index contributed by atoms with van der Waals surface area (Å²) in [7, 11) is 0. The van der Waals surface area contributed by atoms with Crippen LogP contribution in [-0.4, -0.2) is 11.5 Å². The number of benzene rings is 2. The third-order valence-electron chi connectivity index (χ3n) is 3.99. The van der Waals surface area contributed by atoms with Crippen LogP contribution in [-0.2, 0) is 6.42 Å². The molecule has 4 rings (SSSR count). The largest absolute Gasteiger partial charge is 0.439 e. The molecular weight excluding hydrogens is 248 g/mol. The van der Waals surface area contributed by atoms with E-state index in [0.717, 1.165) is 35.5 Å². The minimum atomic E-state index is 0.0618. The molecule has 2 heterocycles. The number of hydrogen-bond donors (Lipinski definition) is 1. The van der Waals surface area contributed by atoms with Gasteiger partial charge in [0, 0.05) is 6.54 Å². The van der Waals surface area contributed by atoms with Gasteiger partial charge >= 0.3 is 0 Å². The monoisotopic (exact) mass is 264 g/mol. The molecule has 3 nitrogen and oxygen atoms in total. The first kappa shape index (κ1) is 11.7. The molecule has 3 heteroatoms. The van der Waals surface area contributed by atoms with Crippen molar-refractivity contribution in [1.29, 1.82) is 0 Å². The van der Waals surface area contributed by atoms with Crippen LogP contribution in [0.2, 0.25) is 0 Å². The van der Waals surface area contributed by atoms with Crippen molar-refractivity contribution in [3.8, 4) is 0 Å². The SMILES string of the molecule is Cc1cccc2oc(C3NCCc4ccccc43)nc12. The van der Waals surface area contributed by atoms with E-state index in [4.69, 9.17) is 9.40 Å². The van der Waals surface area contributed by atoms with E-state index in [1.54, 1.807) is 0 Å². The van der Waals surface area contributed by atoms with Crippen LogP contribution in [0.5, 0.6) is 0 Å². The second-order valence-electron chi connectivity index (χ2n) is 5.31. The second-order valence-corrected chi connectivity index (χ2v) is 5.31. The molecule has 1 aliphatic rings. The summed E-state index contributed by atoms with van der Waals surface area (Å²) in [5, 5.41) is 3.52. The Labute approximate surface area is 117 Å². The van der Waals surface area contributed by atoms with Gasteiger partial charge in [-0.15, -0.1) is 0 Å². The third kappa shape index (κ3) is 1.74. The molecule has 1 N–H and O–H groups in total. The zero-order valence-electron chi connectivity index (χ0n) is 11.4. The minimum Gasteiger partial charge on any atom is -0.439 e. The molecule has 20 heavy (non-hydrogen) atoms. The Balaban J connectivity index is 1.86. The second kappa shape index (κ2) is 4.46. The van der Waals surface area contributed by atoms with Gasteiger partial charge in [-0.2, -0.15) is 0 Å². The molecule has 1 unspecified atom stereocenters. The van der Waals surface area contributed by atoms with Crippen molar-refractivity contribution in [2.45, 2.75) is 19.4 Å². The van der Waals surface area contributed by atoms with Crippen molar-refractivity contribution in [3.05, 3.63) is 65.0 Å².